The SMILES string of the molecule is COc1ccc(N(c2ccc(OC)cc2)c2ccc3c(c2)C2(c4ccccc4Oc4ccccc42)c2cc(N(c4ccc(OC)cc4)c4ccc(OC)cc4)ccc2-3)cc1. The minimum absolute atomic E-state index is 0.737. The third-order valence-electron chi connectivity index (χ3n) is 11.7. The second kappa shape index (κ2) is 14.9. The molecule has 0 bridgehead atoms. The van der Waals surface area contributed by atoms with Gasteiger partial charge in [0, 0.05) is 45.3 Å². The van der Waals surface area contributed by atoms with Crippen LogP contribution in [0.3, 0.4) is 0 Å². The van der Waals surface area contributed by atoms with E-state index in [0.29, 0.717) is 0 Å². The molecule has 0 atom stereocenters. The van der Waals surface area contributed by atoms with E-state index in [1.165, 1.54) is 11.1 Å². The standard InChI is InChI=1S/C53H42N2O5/c1-56-41-23-13-35(14-24-41)54(36-15-25-42(57-2)26-16-36)39-21-31-45-46-32-22-40(55(37-17-27-43(58-3)28-18-37)38-19-29-44(59-4)30-20-38)34-50(46)53(49(45)33-39)47-9-5-7-11-51(47)60-52-12-8-6-10-48(52)53/h5-34H,1-4H3. The van der Waals surface area contributed by atoms with Crippen molar-refractivity contribution in [1.82, 2.24) is 0 Å². The van der Waals surface area contributed by atoms with Gasteiger partial charge in [-0.3, -0.25) is 0 Å². The van der Waals surface area contributed by atoms with Gasteiger partial charge >= 0.3 is 0 Å². The summed E-state index contributed by atoms with van der Waals surface area (Å²) >= 11 is 0. The highest BCUT2D eigenvalue weighted by Crippen LogP contribution is 2.63. The van der Waals surface area contributed by atoms with E-state index < -0.39 is 5.41 Å². The lowest BCUT2D eigenvalue weighted by Crippen LogP contribution is -2.32. The molecular weight excluding hydrogens is 745 g/mol. The van der Waals surface area contributed by atoms with Crippen molar-refractivity contribution < 1.29 is 23.7 Å². The molecule has 7 heteroatoms. The first-order chi connectivity index (χ1) is 29.5. The molecule has 1 spiro atoms. The molecule has 0 fully saturated rings. The molecule has 1 aliphatic carbocycles. The zero-order valence-corrected chi connectivity index (χ0v) is 33.8. The number of anilines is 6. The lowest BCUT2D eigenvalue weighted by molar-refractivity contribution is 0.414. The van der Waals surface area contributed by atoms with Crippen LogP contribution in [0.4, 0.5) is 34.1 Å². The van der Waals surface area contributed by atoms with E-state index in [4.69, 9.17) is 23.7 Å². The molecule has 0 saturated heterocycles. The van der Waals surface area contributed by atoms with E-state index in [1.807, 2.05) is 60.7 Å². The largest absolute Gasteiger partial charge is 0.497 e. The number of hydrogen-bond donors (Lipinski definition) is 0. The van der Waals surface area contributed by atoms with Gasteiger partial charge in [0.25, 0.3) is 0 Å². The number of benzene rings is 8. The van der Waals surface area contributed by atoms with Gasteiger partial charge in [-0.1, -0.05) is 48.5 Å². The van der Waals surface area contributed by atoms with Crippen molar-refractivity contribution in [2.24, 2.45) is 0 Å². The maximum atomic E-state index is 6.75. The monoisotopic (exact) mass is 786 g/mol. The van der Waals surface area contributed by atoms with Crippen LogP contribution >= 0.6 is 0 Å². The zero-order valence-electron chi connectivity index (χ0n) is 33.8. The van der Waals surface area contributed by atoms with Crippen molar-refractivity contribution in [1.29, 1.82) is 0 Å². The molecule has 1 heterocycles. The molecule has 1 aliphatic heterocycles. The Morgan fingerprint density at radius 1 is 0.333 bits per heavy atom. The van der Waals surface area contributed by atoms with E-state index in [-0.39, 0.29) is 0 Å². The summed E-state index contributed by atoms with van der Waals surface area (Å²) in [7, 11) is 6.76. The molecule has 0 N–H and O–H groups in total. The molecule has 294 valence electrons. The van der Waals surface area contributed by atoms with E-state index in [9.17, 15) is 0 Å². The molecule has 0 radical (unpaired) electrons. The van der Waals surface area contributed by atoms with Crippen LogP contribution in [0, 0.1) is 0 Å². The highest BCUT2D eigenvalue weighted by molar-refractivity contribution is 5.93. The summed E-state index contributed by atoms with van der Waals surface area (Å²) in [6, 6.07) is 63.5. The fourth-order valence-electron chi connectivity index (χ4n) is 8.97. The number of hydrogen-bond acceptors (Lipinski definition) is 7. The van der Waals surface area contributed by atoms with Gasteiger partial charge in [-0.15, -0.1) is 0 Å². The van der Waals surface area contributed by atoms with Crippen molar-refractivity contribution in [3.05, 3.63) is 204 Å². The topological polar surface area (TPSA) is 52.6 Å². The lowest BCUT2D eigenvalue weighted by atomic mass is 9.66. The van der Waals surface area contributed by atoms with Crippen LogP contribution in [0.25, 0.3) is 11.1 Å². The summed E-state index contributed by atoms with van der Waals surface area (Å²) in [5.41, 5.74) is 12.1. The van der Waals surface area contributed by atoms with Crippen LogP contribution in [-0.2, 0) is 5.41 Å². The second-order valence-corrected chi connectivity index (χ2v) is 14.8. The van der Waals surface area contributed by atoms with Crippen LogP contribution in [0.5, 0.6) is 34.5 Å². The molecule has 8 aromatic carbocycles. The van der Waals surface area contributed by atoms with Crippen molar-refractivity contribution in [2.45, 2.75) is 5.41 Å². The number of ether oxygens (including phenoxy) is 5. The van der Waals surface area contributed by atoms with Gasteiger partial charge in [-0.05, 0) is 156 Å². The first-order valence-electron chi connectivity index (χ1n) is 19.9. The van der Waals surface area contributed by atoms with Gasteiger partial charge in [-0.2, -0.15) is 0 Å². The molecule has 0 amide bonds. The van der Waals surface area contributed by atoms with Crippen molar-refractivity contribution in [3.63, 3.8) is 0 Å². The van der Waals surface area contributed by atoms with E-state index in [2.05, 4.69) is 131 Å². The number of fused-ring (bicyclic) bond motifs is 9. The smallest absolute Gasteiger partial charge is 0.132 e. The van der Waals surface area contributed by atoms with Gasteiger partial charge in [0.2, 0.25) is 0 Å². The van der Waals surface area contributed by atoms with Gasteiger partial charge in [0.15, 0.2) is 0 Å². The fourth-order valence-corrected chi connectivity index (χ4v) is 8.97. The van der Waals surface area contributed by atoms with Gasteiger partial charge in [0.05, 0.1) is 33.9 Å². The Hall–Kier alpha value is -7.64. The highest BCUT2D eigenvalue weighted by Gasteiger charge is 2.51. The number of para-hydroxylation sites is 2. The zero-order chi connectivity index (χ0) is 40.8. The molecule has 7 nitrogen and oxygen atoms in total. The van der Waals surface area contributed by atoms with Gasteiger partial charge < -0.3 is 33.5 Å². The molecular formula is C53H42N2O5. The lowest BCUT2D eigenvalue weighted by Gasteiger charge is -2.40. The Kier molecular flexibility index (Phi) is 9.14. The fraction of sp³-hybridized carbons (Fsp3) is 0.0943. The summed E-state index contributed by atoms with van der Waals surface area (Å²) in [5, 5.41) is 0. The summed E-state index contributed by atoms with van der Waals surface area (Å²) in [6.07, 6.45) is 0. The maximum absolute atomic E-state index is 6.75. The van der Waals surface area contributed by atoms with Crippen molar-refractivity contribution >= 4 is 34.1 Å². The quantitative estimate of drug-likeness (QED) is 0.137. The van der Waals surface area contributed by atoms with E-state index in [0.717, 1.165) is 90.9 Å². The Balaban J connectivity index is 1.23. The minimum atomic E-state index is -0.737. The summed E-state index contributed by atoms with van der Waals surface area (Å²) in [4.78, 5) is 4.57. The van der Waals surface area contributed by atoms with Crippen LogP contribution in [0.1, 0.15) is 22.3 Å². The maximum Gasteiger partial charge on any atom is 0.132 e. The van der Waals surface area contributed by atoms with E-state index >= 15 is 0 Å². The molecule has 60 heavy (non-hydrogen) atoms. The average Bonchev–Trinajstić information content (AvgIpc) is 3.59. The first kappa shape index (κ1) is 36.7. The Morgan fingerprint density at radius 3 is 0.950 bits per heavy atom. The molecule has 0 saturated carbocycles. The van der Waals surface area contributed by atoms with Crippen LogP contribution in [0.2, 0.25) is 0 Å². The average molecular weight is 787 g/mol. The summed E-state index contributed by atoms with van der Waals surface area (Å²) < 4.78 is 29.0. The van der Waals surface area contributed by atoms with Crippen molar-refractivity contribution in [3.8, 4) is 45.6 Å². The Bertz CT molecular complexity index is 2550. The molecule has 10 rings (SSSR count). The third kappa shape index (κ3) is 5.89. The Morgan fingerprint density at radius 2 is 0.633 bits per heavy atom. The highest BCUT2D eigenvalue weighted by atomic mass is 16.5. The van der Waals surface area contributed by atoms with E-state index in [1.54, 1.807) is 28.4 Å². The van der Waals surface area contributed by atoms with Crippen LogP contribution in [-0.4, -0.2) is 28.4 Å². The van der Waals surface area contributed by atoms with Gasteiger partial charge in [0.1, 0.15) is 34.5 Å². The third-order valence-corrected chi connectivity index (χ3v) is 11.7. The summed E-state index contributed by atoms with van der Waals surface area (Å²) in [6.45, 7) is 0. The van der Waals surface area contributed by atoms with Crippen LogP contribution < -0.4 is 33.5 Å². The first-order valence-corrected chi connectivity index (χ1v) is 19.9. The van der Waals surface area contributed by atoms with Crippen molar-refractivity contribution in [2.75, 3.05) is 38.2 Å². The normalized spacial score (nSPS) is 12.6. The second-order valence-electron chi connectivity index (χ2n) is 14.8. The molecule has 0 aromatic heterocycles. The number of rotatable bonds is 10. The molecule has 0 unspecified atom stereocenters. The minimum Gasteiger partial charge on any atom is -0.497 e. The predicted octanol–water partition coefficient (Wildman–Crippen LogP) is 13.1. The number of methoxy groups -OCH3 is 4. The number of nitrogens with zero attached hydrogens (tertiary/aromatic N) is 2. The Labute approximate surface area is 350 Å². The van der Waals surface area contributed by atoms with Gasteiger partial charge in [-0.25, -0.2) is 0 Å². The van der Waals surface area contributed by atoms with Crippen LogP contribution in [0.15, 0.2) is 182 Å². The summed E-state index contributed by atoms with van der Waals surface area (Å²) in [5.74, 6) is 4.83. The molecule has 2 aliphatic rings. The molecule has 8 aromatic rings. The predicted molar refractivity (Wildman–Crippen MR) is 239 cm³/mol.